The Labute approximate surface area is 290 Å². The molecule has 13 heteroatoms. The van der Waals surface area contributed by atoms with Crippen LogP contribution in [0.1, 0.15) is 45.7 Å². The highest BCUT2D eigenvalue weighted by Crippen LogP contribution is 2.49. The van der Waals surface area contributed by atoms with Crippen molar-refractivity contribution in [3.8, 4) is 0 Å². The van der Waals surface area contributed by atoms with Crippen LogP contribution >= 0.6 is 23.1 Å². The zero-order valence-corrected chi connectivity index (χ0v) is 30.6. The molecule has 0 spiro atoms. The molecule has 0 saturated carbocycles. The van der Waals surface area contributed by atoms with Crippen LogP contribution in [0.3, 0.4) is 0 Å². The number of aliphatic hydroxyl groups excluding tert-OH is 1. The molecule has 1 N–H and O–H groups in total. The quantitative estimate of drug-likeness (QED) is 0.0407. The second kappa shape index (κ2) is 15.5. The molecule has 2 aliphatic rings. The van der Waals surface area contributed by atoms with Crippen molar-refractivity contribution in [1.82, 2.24) is 9.88 Å². The molecule has 1 aromatic heterocycles. The number of esters is 1. The number of aliphatic hydroxyl groups is 1. The van der Waals surface area contributed by atoms with E-state index in [0.29, 0.717) is 17.7 Å². The zero-order valence-electron chi connectivity index (χ0n) is 28.0. The fourth-order valence-electron chi connectivity index (χ4n) is 6.78. The molecule has 3 heterocycles. The number of rotatable bonds is 16. The molecule has 3 aromatic rings. The third kappa shape index (κ3) is 7.30. The first-order valence-electron chi connectivity index (χ1n) is 16.5. The maximum atomic E-state index is 13.8. The van der Waals surface area contributed by atoms with Gasteiger partial charge in [-0.25, -0.2) is 9.78 Å². The van der Waals surface area contributed by atoms with Gasteiger partial charge in [0, 0.05) is 30.4 Å². The van der Waals surface area contributed by atoms with E-state index in [1.54, 1.807) is 40.1 Å². The Morgan fingerprint density at radius 2 is 1.85 bits per heavy atom. The fraction of sp³-hybridized carbons (Fsp3) is 0.457. The summed E-state index contributed by atoms with van der Waals surface area (Å²) in [5.74, 6) is -0.576. The number of carbonyl (C=O) groups is 2. The normalized spacial score (nSPS) is 20.0. The second-order valence-electron chi connectivity index (χ2n) is 12.4. The number of carbonyl (C=O) groups excluding carboxylic acids is 2. The summed E-state index contributed by atoms with van der Waals surface area (Å²) in [6.07, 6.45) is 4.26. The Morgan fingerprint density at radius 1 is 1.17 bits per heavy atom. The van der Waals surface area contributed by atoms with E-state index in [2.05, 4.69) is 27.7 Å². The smallest absolute Gasteiger partial charge is 0.355 e. The zero-order chi connectivity index (χ0) is 34.6. The van der Waals surface area contributed by atoms with Crippen LogP contribution < -0.4 is 0 Å². The van der Waals surface area contributed by atoms with E-state index >= 15 is 0 Å². The number of allylic oxidation sites excluding steroid dienone is 1. The van der Waals surface area contributed by atoms with Gasteiger partial charge in [0.1, 0.15) is 12.3 Å². The van der Waals surface area contributed by atoms with Crippen LogP contribution in [0.5, 0.6) is 0 Å². The third-order valence-electron chi connectivity index (χ3n) is 9.72. The molecule has 0 unspecified atom stereocenters. The number of non-ortho nitro benzene ring substituents is 1. The Balaban J connectivity index is 1.35. The van der Waals surface area contributed by atoms with Gasteiger partial charge >= 0.3 is 5.97 Å². The lowest BCUT2D eigenvalue weighted by atomic mass is 9.77. The van der Waals surface area contributed by atoms with Crippen molar-refractivity contribution < 1.29 is 28.8 Å². The van der Waals surface area contributed by atoms with Crippen LogP contribution in [0.15, 0.2) is 70.2 Å². The van der Waals surface area contributed by atoms with Crippen molar-refractivity contribution in [2.75, 3.05) is 12.4 Å². The summed E-state index contributed by atoms with van der Waals surface area (Å²) in [7, 11) is -1.97. The molecule has 0 radical (unpaired) electrons. The van der Waals surface area contributed by atoms with E-state index in [0.717, 1.165) is 43.8 Å². The molecule has 5 rings (SSSR count). The molecule has 1 fully saturated rings. The summed E-state index contributed by atoms with van der Waals surface area (Å²) in [5, 5.41) is 20.3. The largest absolute Gasteiger partial charge is 0.456 e. The van der Waals surface area contributed by atoms with Gasteiger partial charge in [-0.15, -0.1) is 11.3 Å². The van der Waals surface area contributed by atoms with Gasteiger partial charge in [0.25, 0.3) is 5.69 Å². The number of hydrogen-bond acceptors (Lipinski definition) is 10. The Bertz CT molecular complexity index is 1710. The van der Waals surface area contributed by atoms with Gasteiger partial charge in [-0.1, -0.05) is 57.7 Å². The molecule has 1 amide bonds. The highest BCUT2D eigenvalue weighted by Gasteiger charge is 2.60. The van der Waals surface area contributed by atoms with Gasteiger partial charge in [-0.05, 0) is 72.4 Å². The van der Waals surface area contributed by atoms with E-state index in [1.165, 1.54) is 12.1 Å². The molecular formula is C35H43N3O7S2Si. The number of benzene rings is 2. The van der Waals surface area contributed by atoms with Gasteiger partial charge in [-0.3, -0.25) is 14.9 Å². The van der Waals surface area contributed by atoms with Crippen LogP contribution in [-0.2, 0) is 31.8 Å². The first-order valence-corrected chi connectivity index (χ1v) is 20.8. The van der Waals surface area contributed by atoms with Gasteiger partial charge in [0.05, 0.1) is 33.2 Å². The summed E-state index contributed by atoms with van der Waals surface area (Å²) in [6.45, 7) is 10.6. The fourth-order valence-corrected chi connectivity index (χ4v) is 11.6. The number of amides is 1. The molecule has 0 bridgehead atoms. The van der Waals surface area contributed by atoms with Crippen LogP contribution in [0.4, 0.5) is 5.69 Å². The van der Waals surface area contributed by atoms with E-state index in [-0.39, 0.29) is 54.5 Å². The third-order valence-corrected chi connectivity index (χ3v) is 16.6. The first kappa shape index (κ1) is 35.9. The van der Waals surface area contributed by atoms with Gasteiger partial charge < -0.3 is 19.2 Å². The molecule has 1 saturated heterocycles. The van der Waals surface area contributed by atoms with Crippen LogP contribution in [0, 0.1) is 22.0 Å². The first-order chi connectivity index (χ1) is 23.1. The number of thioether (sulfide) groups is 1. The van der Waals surface area contributed by atoms with Crippen molar-refractivity contribution in [2.24, 2.45) is 11.8 Å². The molecule has 48 heavy (non-hydrogen) atoms. The van der Waals surface area contributed by atoms with Crippen molar-refractivity contribution >= 4 is 59.2 Å². The molecule has 2 aromatic carbocycles. The number of nitro benzene ring substituents is 1. The van der Waals surface area contributed by atoms with Crippen molar-refractivity contribution in [1.29, 1.82) is 0 Å². The number of thiazole rings is 1. The Hall–Kier alpha value is -3.36. The number of fused-ring (bicyclic) bond motifs is 2. The van der Waals surface area contributed by atoms with Crippen LogP contribution in [0.2, 0.25) is 18.1 Å². The standard InChI is InChI=1S/C35H43N3O7S2Si/c1-6-48(7-2,8-3)45-23(5)30-31-22(4)27(10-9-19-46-35-36-28-20-24(17-18-39)13-16-29(28)47-35)32(37(31)33(30)40)34(41)44-21-25-11-14-26(15-12-25)38(42)43/h9-16,20,22-23,30-31,39H,6-8,17-19,21H2,1-5H3/b10-9+/t22-,23+,30+,31+/m0/s1. The molecule has 10 nitrogen and oxygen atoms in total. The van der Waals surface area contributed by atoms with E-state index in [4.69, 9.17) is 14.1 Å². The SMILES string of the molecule is CC[Si](CC)(CC)O[C@H](C)[C@H]1C(=O)N2C(C(=O)OCc3ccc([N+](=O)[O-])cc3)=C(/C=C/CSc3nc4cc(CCO)ccc4s3)[C@H](C)[C@H]12. The number of ether oxygens (including phenoxy) is 1. The van der Waals surface area contributed by atoms with Gasteiger partial charge in [-0.2, -0.15) is 0 Å². The lowest BCUT2D eigenvalue weighted by Crippen LogP contribution is -2.65. The number of nitrogens with zero attached hydrogens (tertiary/aromatic N) is 3. The van der Waals surface area contributed by atoms with E-state index in [1.807, 2.05) is 37.3 Å². The lowest BCUT2D eigenvalue weighted by Gasteiger charge is -2.49. The van der Waals surface area contributed by atoms with E-state index in [9.17, 15) is 24.8 Å². The van der Waals surface area contributed by atoms with Crippen molar-refractivity contribution in [3.63, 3.8) is 0 Å². The lowest BCUT2D eigenvalue weighted by molar-refractivity contribution is -0.384. The number of hydrogen-bond donors (Lipinski definition) is 1. The topological polar surface area (TPSA) is 132 Å². The maximum absolute atomic E-state index is 13.8. The minimum absolute atomic E-state index is 0.0438. The number of nitro groups is 1. The van der Waals surface area contributed by atoms with E-state index < -0.39 is 19.2 Å². The van der Waals surface area contributed by atoms with Gasteiger partial charge in [0.15, 0.2) is 12.7 Å². The van der Waals surface area contributed by atoms with Crippen LogP contribution in [-0.4, -0.2) is 64.6 Å². The predicted octanol–water partition coefficient (Wildman–Crippen LogP) is 7.27. The molecule has 4 atom stereocenters. The summed E-state index contributed by atoms with van der Waals surface area (Å²) in [4.78, 5) is 44.4. The second-order valence-corrected chi connectivity index (χ2v) is 19.4. The summed E-state index contributed by atoms with van der Waals surface area (Å²) in [6, 6.07) is 14.7. The Morgan fingerprint density at radius 3 is 2.50 bits per heavy atom. The number of aromatic nitrogens is 1. The molecule has 256 valence electrons. The summed E-state index contributed by atoms with van der Waals surface area (Å²) >= 11 is 3.21. The molecular weight excluding hydrogens is 667 g/mol. The number of β-lactam (4-membered cyclic amide) rings is 1. The monoisotopic (exact) mass is 709 g/mol. The van der Waals surface area contributed by atoms with Crippen LogP contribution in [0.25, 0.3) is 10.2 Å². The minimum Gasteiger partial charge on any atom is -0.456 e. The highest BCUT2D eigenvalue weighted by molar-refractivity contribution is 8.01. The predicted molar refractivity (Wildman–Crippen MR) is 191 cm³/mol. The maximum Gasteiger partial charge on any atom is 0.355 e. The van der Waals surface area contributed by atoms with Crippen molar-refractivity contribution in [3.05, 3.63) is 87.1 Å². The minimum atomic E-state index is -1.97. The average Bonchev–Trinajstić information content (AvgIpc) is 3.60. The highest BCUT2D eigenvalue weighted by atomic mass is 32.2. The van der Waals surface area contributed by atoms with Gasteiger partial charge in [0.2, 0.25) is 5.91 Å². The summed E-state index contributed by atoms with van der Waals surface area (Å²) < 4.78 is 14.5. The summed E-state index contributed by atoms with van der Waals surface area (Å²) in [5.41, 5.74) is 3.53. The van der Waals surface area contributed by atoms with Crippen molar-refractivity contribution in [2.45, 2.75) is 82.3 Å². The Kier molecular flexibility index (Phi) is 11.6. The molecule has 0 aliphatic carbocycles. The average molecular weight is 710 g/mol. The molecule has 2 aliphatic heterocycles.